The van der Waals surface area contributed by atoms with E-state index in [1.54, 1.807) is 44.2 Å². The molecule has 2 aromatic rings. The summed E-state index contributed by atoms with van der Waals surface area (Å²) in [5.41, 5.74) is 2.70. The maximum absolute atomic E-state index is 13.5. The highest BCUT2D eigenvalue weighted by Crippen LogP contribution is 2.26. The maximum Gasteiger partial charge on any atom is 0.244 e. The van der Waals surface area contributed by atoms with E-state index in [1.807, 2.05) is 13.0 Å². The number of rotatable bonds is 9. The Morgan fingerprint density at radius 2 is 1.76 bits per heavy atom. The van der Waals surface area contributed by atoms with Crippen LogP contribution in [-0.4, -0.2) is 51.0 Å². The Labute approximate surface area is 205 Å². The van der Waals surface area contributed by atoms with E-state index in [0.29, 0.717) is 27.7 Å². The Balaban J connectivity index is 2.49. The van der Waals surface area contributed by atoms with E-state index in [2.05, 4.69) is 5.32 Å². The number of hydrogen-bond acceptors (Lipinski definition) is 4. The van der Waals surface area contributed by atoms with Crippen LogP contribution in [0.2, 0.25) is 10.0 Å². The molecule has 1 atom stereocenters. The summed E-state index contributed by atoms with van der Waals surface area (Å²) in [4.78, 5) is 27.5. The summed E-state index contributed by atoms with van der Waals surface area (Å²) in [6.45, 7) is 5.03. The van der Waals surface area contributed by atoms with Crippen molar-refractivity contribution < 1.29 is 18.0 Å². The molecule has 0 aliphatic heterocycles. The zero-order valence-electron chi connectivity index (χ0n) is 19.4. The third-order valence-electron chi connectivity index (χ3n) is 5.29. The summed E-state index contributed by atoms with van der Waals surface area (Å²) >= 11 is 12.3. The lowest BCUT2D eigenvalue weighted by Crippen LogP contribution is -2.51. The summed E-state index contributed by atoms with van der Waals surface area (Å²) in [6.07, 6.45) is 1.38. The van der Waals surface area contributed by atoms with Gasteiger partial charge in [-0.25, -0.2) is 8.42 Å². The number of hydrogen-bond donors (Lipinski definition) is 1. The lowest BCUT2D eigenvalue weighted by molar-refractivity contribution is -0.140. The van der Waals surface area contributed by atoms with Crippen LogP contribution in [0.25, 0.3) is 0 Å². The number of benzene rings is 2. The molecule has 0 fully saturated rings. The quantitative estimate of drug-likeness (QED) is 0.550. The largest absolute Gasteiger partial charge is 0.357 e. The van der Waals surface area contributed by atoms with Crippen LogP contribution in [0, 0.1) is 13.8 Å². The zero-order chi connectivity index (χ0) is 24.9. The minimum Gasteiger partial charge on any atom is -0.357 e. The molecule has 0 aromatic heterocycles. The highest BCUT2D eigenvalue weighted by molar-refractivity contribution is 7.92. The average Bonchev–Trinajstić information content (AvgIpc) is 2.72. The molecule has 0 aliphatic rings. The topological polar surface area (TPSA) is 86.8 Å². The molecule has 2 amide bonds. The maximum atomic E-state index is 13.5. The first-order chi connectivity index (χ1) is 15.4. The molecule has 2 aromatic carbocycles. The predicted molar refractivity (Wildman–Crippen MR) is 133 cm³/mol. The van der Waals surface area contributed by atoms with Gasteiger partial charge in [-0.05, 0) is 49.6 Å². The lowest BCUT2D eigenvalue weighted by atomic mass is 10.1. The fourth-order valence-corrected chi connectivity index (χ4v) is 4.97. The Hall–Kier alpha value is -2.29. The second kappa shape index (κ2) is 11.2. The SMILES string of the molecule is CC[C@@H](C(=O)NC)N(Cc1ccc(Cl)cc1Cl)C(=O)CN(c1ccc(C)cc1C)S(C)(=O)=O. The van der Waals surface area contributed by atoms with Crippen LogP contribution in [0.3, 0.4) is 0 Å². The van der Waals surface area contributed by atoms with Crippen molar-refractivity contribution in [2.24, 2.45) is 0 Å². The lowest BCUT2D eigenvalue weighted by Gasteiger charge is -2.33. The molecule has 180 valence electrons. The van der Waals surface area contributed by atoms with Gasteiger partial charge < -0.3 is 10.2 Å². The highest BCUT2D eigenvalue weighted by Gasteiger charge is 2.32. The zero-order valence-corrected chi connectivity index (χ0v) is 21.7. The van der Waals surface area contributed by atoms with Gasteiger partial charge in [-0.15, -0.1) is 0 Å². The summed E-state index contributed by atoms with van der Waals surface area (Å²) in [5.74, 6) is -0.879. The number of halogens is 2. The molecule has 0 radical (unpaired) electrons. The number of nitrogens with one attached hydrogen (secondary N) is 1. The summed E-state index contributed by atoms with van der Waals surface area (Å²) in [7, 11) is -2.30. The number of amides is 2. The van der Waals surface area contributed by atoms with E-state index >= 15 is 0 Å². The van der Waals surface area contributed by atoms with Crippen LogP contribution < -0.4 is 9.62 Å². The number of carbonyl (C=O) groups is 2. The molecular formula is C23H29Cl2N3O4S. The minimum atomic E-state index is -3.79. The van der Waals surface area contributed by atoms with Crippen molar-refractivity contribution in [3.05, 3.63) is 63.1 Å². The van der Waals surface area contributed by atoms with Gasteiger partial charge >= 0.3 is 0 Å². The fourth-order valence-electron chi connectivity index (χ4n) is 3.60. The molecule has 0 saturated heterocycles. The van der Waals surface area contributed by atoms with Gasteiger partial charge in [0.1, 0.15) is 12.6 Å². The van der Waals surface area contributed by atoms with E-state index in [-0.39, 0.29) is 12.5 Å². The van der Waals surface area contributed by atoms with Crippen molar-refractivity contribution in [2.75, 3.05) is 24.2 Å². The number of carbonyl (C=O) groups excluding carboxylic acids is 2. The third kappa shape index (κ3) is 6.85. The second-order valence-corrected chi connectivity index (χ2v) is 10.6. The molecule has 10 heteroatoms. The van der Waals surface area contributed by atoms with Crippen LogP contribution >= 0.6 is 23.2 Å². The molecule has 0 unspecified atom stereocenters. The van der Waals surface area contributed by atoms with Crippen LogP contribution in [0.15, 0.2) is 36.4 Å². The second-order valence-electron chi connectivity index (χ2n) is 7.86. The molecule has 2 rings (SSSR count). The van der Waals surface area contributed by atoms with E-state index in [1.165, 1.54) is 11.9 Å². The fraction of sp³-hybridized carbons (Fsp3) is 0.391. The number of sulfonamides is 1. The Morgan fingerprint density at radius 3 is 2.27 bits per heavy atom. The number of likely N-dealkylation sites (N-methyl/N-ethyl adjacent to an activating group) is 1. The monoisotopic (exact) mass is 513 g/mol. The summed E-state index contributed by atoms with van der Waals surface area (Å²) < 4.78 is 26.4. The normalized spacial score (nSPS) is 12.2. The van der Waals surface area contributed by atoms with Gasteiger partial charge in [0.15, 0.2) is 0 Å². The molecule has 0 spiro atoms. The van der Waals surface area contributed by atoms with Gasteiger partial charge in [0.05, 0.1) is 11.9 Å². The summed E-state index contributed by atoms with van der Waals surface area (Å²) in [5, 5.41) is 3.36. The van der Waals surface area contributed by atoms with Gasteiger partial charge in [0, 0.05) is 23.6 Å². The molecule has 0 aliphatic carbocycles. The van der Waals surface area contributed by atoms with Gasteiger partial charge in [-0.2, -0.15) is 0 Å². The van der Waals surface area contributed by atoms with Crippen molar-refractivity contribution in [1.82, 2.24) is 10.2 Å². The van der Waals surface area contributed by atoms with Crippen LogP contribution in [0.5, 0.6) is 0 Å². The average molecular weight is 514 g/mol. The highest BCUT2D eigenvalue weighted by atomic mass is 35.5. The Morgan fingerprint density at radius 1 is 1.09 bits per heavy atom. The molecule has 0 saturated carbocycles. The van der Waals surface area contributed by atoms with E-state index in [0.717, 1.165) is 21.7 Å². The minimum absolute atomic E-state index is 0.0191. The number of nitrogens with zero attached hydrogens (tertiary/aromatic N) is 2. The number of aryl methyl sites for hydroxylation is 2. The van der Waals surface area contributed by atoms with Crippen molar-refractivity contribution in [1.29, 1.82) is 0 Å². The number of anilines is 1. The van der Waals surface area contributed by atoms with Gasteiger partial charge in [0.2, 0.25) is 21.8 Å². The first-order valence-corrected chi connectivity index (χ1v) is 13.0. The van der Waals surface area contributed by atoms with E-state index in [4.69, 9.17) is 23.2 Å². The molecule has 33 heavy (non-hydrogen) atoms. The third-order valence-corrected chi connectivity index (χ3v) is 7.00. The molecule has 7 nitrogen and oxygen atoms in total. The van der Waals surface area contributed by atoms with E-state index < -0.39 is 28.5 Å². The van der Waals surface area contributed by atoms with Crippen LogP contribution in [-0.2, 0) is 26.2 Å². The Bertz CT molecular complexity index is 1140. The summed E-state index contributed by atoms with van der Waals surface area (Å²) in [6, 6.07) is 9.38. The van der Waals surface area contributed by atoms with Crippen molar-refractivity contribution in [3.63, 3.8) is 0 Å². The smallest absolute Gasteiger partial charge is 0.244 e. The molecule has 0 heterocycles. The van der Waals surface area contributed by atoms with Gasteiger partial charge in [-0.3, -0.25) is 13.9 Å². The Kier molecular flexibility index (Phi) is 9.17. The van der Waals surface area contributed by atoms with Crippen molar-refractivity contribution in [3.8, 4) is 0 Å². The van der Waals surface area contributed by atoms with Crippen molar-refractivity contribution in [2.45, 2.75) is 39.8 Å². The van der Waals surface area contributed by atoms with Crippen LogP contribution in [0.1, 0.15) is 30.0 Å². The van der Waals surface area contributed by atoms with Crippen molar-refractivity contribution >= 4 is 50.7 Å². The first kappa shape index (κ1) is 27.0. The van der Waals surface area contributed by atoms with Gasteiger partial charge in [-0.1, -0.05) is 53.9 Å². The van der Waals surface area contributed by atoms with Gasteiger partial charge in [0.25, 0.3) is 0 Å². The molecule has 1 N–H and O–H groups in total. The van der Waals surface area contributed by atoms with E-state index in [9.17, 15) is 18.0 Å². The molecular weight excluding hydrogens is 485 g/mol. The predicted octanol–water partition coefficient (Wildman–Crippen LogP) is 3.93. The van der Waals surface area contributed by atoms with Crippen LogP contribution in [0.4, 0.5) is 5.69 Å². The standard InChI is InChI=1S/C23H29Cl2N3O4S/c1-6-20(23(30)26-4)27(13-17-8-9-18(24)12-19(17)25)22(29)14-28(33(5,31)32)21-10-7-15(2)11-16(21)3/h7-12,20H,6,13-14H2,1-5H3,(H,26,30)/t20-/m0/s1. The first-order valence-electron chi connectivity index (χ1n) is 10.4. The molecule has 0 bridgehead atoms.